The van der Waals surface area contributed by atoms with Crippen LogP contribution in [-0.2, 0) is 4.74 Å². The minimum absolute atomic E-state index is 0.253. The number of rotatable bonds is 3. The molecule has 0 unspecified atom stereocenters. The number of nitrogens with one attached hydrogen (secondary N) is 2. The molecule has 2 aromatic carbocycles. The van der Waals surface area contributed by atoms with Crippen molar-refractivity contribution in [2.45, 2.75) is 0 Å². The van der Waals surface area contributed by atoms with E-state index in [2.05, 4.69) is 26.6 Å². The highest BCUT2D eigenvalue weighted by atomic mass is 79.9. The van der Waals surface area contributed by atoms with Gasteiger partial charge in [0.1, 0.15) is 0 Å². The van der Waals surface area contributed by atoms with E-state index < -0.39 is 12.0 Å². The summed E-state index contributed by atoms with van der Waals surface area (Å²) in [6.45, 7) is 0. The van der Waals surface area contributed by atoms with Crippen molar-refractivity contribution in [3.05, 3.63) is 57.5 Å². The Kier molecular flexibility index (Phi) is 5.41. The number of halogens is 2. The maximum absolute atomic E-state index is 12.0. The summed E-state index contributed by atoms with van der Waals surface area (Å²) < 4.78 is 5.40. The first-order valence-corrected chi connectivity index (χ1v) is 7.38. The van der Waals surface area contributed by atoms with Crippen molar-refractivity contribution >= 4 is 50.9 Å². The van der Waals surface area contributed by atoms with Gasteiger partial charge < -0.3 is 15.4 Å². The summed E-state index contributed by atoms with van der Waals surface area (Å²) in [5.41, 5.74) is 1.18. The van der Waals surface area contributed by atoms with E-state index in [9.17, 15) is 9.59 Å². The lowest BCUT2D eigenvalue weighted by molar-refractivity contribution is 0.0602. The number of ether oxygens (including phenoxy) is 1. The minimum Gasteiger partial charge on any atom is -0.465 e. The molecule has 0 saturated carbocycles. The highest BCUT2D eigenvalue weighted by Gasteiger charge is 2.14. The second-order valence-electron chi connectivity index (χ2n) is 4.27. The third-order valence-corrected chi connectivity index (χ3v) is 3.48. The van der Waals surface area contributed by atoms with Crippen LogP contribution < -0.4 is 10.6 Å². The quantitative estimate of drug-likeness (QED) is 0.765. The monoisotopic (exact) mass is 382 g/mol. The van der Waals surface area contributed by atoms with Gasteiger partial charge in [0.05, 0.1) is 18.4 Å². The van der Waals surface area contributed by atoms with Gasteiger partial charge in [-0.15, -0.1) is 0 Å². The molecule has 0 aliphatic heterocycles. The van der Waals surface area contributed by atoms with Gasteiger partial charge in [0.25, 0.3) is 0 Å². The Hall–Kier alpha value is -2.05. The second-order valence-corrected chi connectivity index (χ2v) is 5.62. The predicted octanol–water partition coefficient (Wildman–Crippen LogP) is 4.53. The summed E-state index contributed by atoms with van der Waals surface area (Å²) in [6.07, 6.45) is 0. The largest absolute Gasteiger partial charge is 0.465 e. The van der Waals surface area contributed by atoms with Gasteiger partial charge in [0, 0.05) is 15.2 Å². The van der Waals surface area contributed by atoms with Gasteiger partial charge in [-0.3, -0.25) is 0 Å². The third kappa shape index (κ3) is 4.22. The zero-order valence-electron chi connectivity index (χ0n) is 11.5. The Morgan fingerprint density at radius 3 is 2.41 bits per heavy atom. The number of carbonyl (C=O) groups excluding carboxylic acids is 2. The van der Waals surface area contributed by atoms with Gasteiger partial charge in [0.15, 0.2) is 0 Å². The molecule has 0 spiro atoms. The number of hydrogen-bond acceptors (Lipinski definition) is 3. The first-order chi connectivity index (χ1) is 10.5. The summed E-state index contributed by atoms with van der Waals surface area (Å²) in [5, 5.41) is 5.83. The molecule has 0 saturated heterocycles. The summed E-state index contributed by atoms with van der Waals surface area (Å²) in [5.74, 6) is -0.539. The SMILES string of the molecule is COC(=O)c1cc(Br)ccc1NC(=O)Nc1ccc(Cl)cc1. The lowest BCUT2D eigenvalue weighted by atomic mass is 10.2. The Bertz CT molecular complexity index is 704. The molecule has 0 aromatic heterocycles. The van der Waals surface area contributed by atoms with Crippen LogP contribution in [0.1, 0.15) is 10.4 Å². The smallest absolute Gasteiger partial charge is 0.340 e. The lowest BCUT2D eigenvalue weighted by Crippen LogP contribution is -2.21. The van der Waals surface area contributed by atoms with Gasteiger partial charge in [-0.05, 0) is 42.5 Å². The molecule has 5 nitrogen and oxygen atoms in total. The molecule has 0 radical (unpaired) electrons. The van der Waals surface area contributed by atoms with Crippen molar-refractivity contribution in [1.82, 2.24) is 0 Å². The van der Waals surface area contributed by atoms with Crippen LogP contribution >= 0.6 is 27.5 Å². The van der Waals surface area contributed by atoms with Crippen molar-refractivity contribution in [3.8, 4) is 0 Å². The van der Waals surface area contributed by atoms with Crippen molar-refractivity contribution in [2.24, 2.45) is 0 Å². The van der Waals surface area contributed by atoms with Crippen LogP contribution in [0, 0.1) is 0 Å². The van der Waals surface area contributed by atoms with E-state index in [1.54, 1.807) is 42.5 Å². The predicted molar refractivity (Wildman–Crippen MR) is 89.6 cm³/mol. The molecule has 0 aliphatic rings. The van der Waals surface area contributed by atoms with E-state index >= 15 is 0 Å². The standard InChI is InChI=1S/C15H12BrClN2O3/c1-22-14(20)12-8-9(16)2-7-13(12)19-15(21)18-11-5-3-10(17)4-6-11/h2-8H,1H3,(H2,18,19,21). The fourth-order valence-electron chi connectivity index (χ4n) is 1.72. The number of amides is 2. The number of carbonyl (C=O) groups is 2. The Morgan fingerprint density at radius 2 is 1.77 bits per heavy atom. The molecule has 22 heavy (non-hydrogen) atoms. The van der Waals surface area contributed by atoms with Gasteiger partial charge in [0.2, 0.25) is 0 Å². The molecule has 0 fully saturated rings. The fraction of sp³-hybridized carbons (Fsp3) is 0.0667. The maximum Gasteiger partial charge on any atom is 0.340 e. The molecular formula is C15H12BrClN2O3. The Morgan fingerprint density at radius 1 is 1.09 bits per heavy atom. The van der Waals surface area contributed by atoms with Crippen molar-refractivity contribution in [3.63, 3.8) is 0 Å². The first kappa shape index (κ1) is 16.3. The summed E-state index contributed by atoms with van der Waals surface area (Å²) in [7, 11) is 1.28. The molecule has 2 aromatic rings. The van der Waals surface area contributed by atoms with Crippen LogP contribution in [0.2, 0.25) is 5.02 Å². The number of hydrogen-bond donors (Lipinski definition) is 2. The van der Waals surface area contributed by atoms with E-state index in [0.717, 1.165) is 0 Å². The number of benzene rings is 2. The molecular weight excluding hydrogens is 372 g/mol. The molecule has 7 heteroatoms. The van der Waals surface area contributed by atoms with Gasteiger partial charge in [-0.2, -0.15) is 0 Å². The fourth-order valence-corrected chi connectivity index (χ4v) is 2.21. The van der Waals surface area contributed by atoms with Gasteiger partial charge in [-0.25, -0.2) is 9.59 Å². The average Bonchev–Trinajstić information content (AvgIpc) is 2.50. The summed E-state index contributed by atoms with van der Waals surface area (Å²) in [4.78, 5) is 23.7. The van der Waals surface area contributed by atoms with Crippen LogP contribution in [0.15, 0.2) is 46.9 Å². The average molecular weight is 384 g/mol. The van der Waals surface area contributed by atoms with Crippen LogP contribution in [-0.4, -0.2) is 19.1 Å². The van der Waals surface area contributed by atoms with Crippen LogP contribution in [0.25, 0.3) is 0 Å². The number of anilines is 2. The summed E-state index contributed by atoms with van der Waals surface area (Å²) >= 11 is 9.05. The molecule has 0 aliphatic carbocycles. The second kappa shape index (κ2) is 7.29. The van der Waals surface area contributed by atoms with Gasteiger partial charge >= 0.3 is 12.0 Å². The van der Waals surface area contributed by atoms with Crippen molar-refractivity contribution < 1.29 is 14.3 Å². The van der Waals surface area contributed by atoms with Crippen molar-refractivity contribution in [2.75, 3.05) is 17.7 Å². The maximum atomic E-state index is 12.0. The third-order valence-electron chi connectivity index (χ3n) is 2.74. The molecule has 0 atom stereocenters. The normalized spacial score (nSPS) is 9.95. The first-order valence-electron chi connectivity index (χ1n) is 6.21. The van der Waals surface area contributed by atoms with E-state index in [4.69, 9.17) is 16.3 Å². The number of urea groups is 1. The van der Waals surface area contributed by atoms with E-state index in [1.165, 1.54) is 7.11 Å². The zero-order valence-corrected chi connectivity index (χ0v) is 13.9. The molecule has 0 bridgehead atoms. The molecule has 2 rings (SSSR count). The lowest BCUT2D eigenvalue weighted by Gasteiger charge is -2.11. The van der Waals surface area contributed by atoms with Crippen LogP contribution in [0.3, 0.4) is 0 Å². The highest BCUT2D eigenvalue weighted by Crippen LogP contribution is 2.22. The van der Waals surface area contributed by atoms with E-state index in [0.29, 0.717) is 20.9 Å². The van der Waals surface area contributed by atoms with E-state index in [1.807, 2.05) is 0 Å². The van der Waals surface area contributed by atoms with Crippen LogP contribution in [0.5, 0.6) is 0 Å². The molecule has 0 heterocycles. The van der Waals surface area contributed by atoms with E-state index in [-0.39, 0.29) is 5.56 Å². The Balaban J connectivity index is 2.14. The molecule has 114 valence electrons. The Labute approximate surface area is 140 Å². The topological polar surface area (TPSA) is 67.4 Å². The van der Waals surface area contributed by atoms with Crippen molar-refractivity contribution in [1.29, 1.82) is 0 Å². The number of esters is 1. The highest BCUT2D eigenvalue weighted by molar-refractivity contribution is 9.10. The molecule has 2 N–H and O–H groups in total. The minimum atomic E-state index is -0.539. The number of methoxy groups -OCH3 is 1. The van der Waals surface area contributed by atoms with Gasteiger partial charge in [-0.1, -0.05) is 27.5 Å². The summed E-state index contributed by atoms with van der Waals surface area (Å²) in [6, 6.07) is 11.1. The zero-order chi connectivity index (χ0) is 16.1. The van der Waals surface area contributed by atoms with Crippen LogP contribution in [0.4, 0.5) is 16.2 Å². The molecule has 2 amide bonds.